The standard InChI is InChI=1S/C13H12BrN3O2/c14-10-3-1-9(2-4-10)5-6-16-12-11(13(18)19)7-15-8-17-12/h1-4,7-8H,5-6H2,(H,18,19)(H,15,16,17). The number of aromatic carboxylic acids is 1. The van der Waals surface area contributed by atoms with Gasteiger partial charge in [-0.05, 0) is 24.1 Å². The summed E-state index contributed by atoms with van der Waals surface area (Å²) in [5.74, 6) is -0.689. The van der Waals surface area contributed by atoms with E-state index in [9.17, 15) is 4.79 Å². The zero-order valence-corrected chi connectivity index (χ0v) is 11.6. The van der Waals surface area contributed by atoms with Gasteiger partial charge in [0, 0.05) is 17.2 Å². The summed E-state index contributed by atoms with van der Waals surface area (Å²) in [7, 11) is 0. The average Bonchev–Trinajstić information content (AvgIpc) is 2.41. The third-order valence-corrected chi connectivity index (χ3v) is 3.09. The molecule has 0 aliphatic rings. The Bertz CT molecular complexity index is 572. The fourth-order valence-electron chi connectivity index (χ4n) is 1.60. The van der Waals surface area contributed by atoms with Gasteiger partial charge in [0.05, 0.1) is 0 Å². The molecule has 0 unspecified atom stereocenters. The van der Waals surface area contributed by atoms with E-state index in [1.54, 1.807) is 0 Å². The Morgan fingerprint density at radius 1 is 1.32 bits per heavy atom. The summed E-state index contributed by atoms with van der Waals surface area (Å²) < 4.78 is 1.04. The number of carbonyl (C=O) groups is 1. The van der Waals surface area contributed by atoms with Gasteiger partial charge < -0.3 is 10.4 Å². The molecular formula is C13H12BrN3O2. The summed E-state index contributed by atoms with van der Waals surface area (Å²) >= 11 is 3.38. The highest BCUT2D eigenvalue weighted by Crippen LogP contribution is 2.12. The van der Waals surface area contributed by atoms with Crippen molar-refractivity contribution < 1.29 is 9.90 Å². The summed E-state index contributed by atoms with van der Waals surface area (Å²) in [6.07, 6.45) is 3.40. The number of benzene rings is 1. The van der Waals surface area contributed by atoms with E-state index < -0.39 is 5.97 Å². The molecule has 0 amide bonds. The Hall–Kier alpha value is -1.95. The van der Waals surface area contributed by atoms with Gasteiger partial charge in [0.25, 0.3) is 0 Å². The highest BCUT2D eigenvalue weighted by molar-refractivity contribution is 9.10. The van der Waals surface area contributed by atoms with Gasteiger partial charge in [-0.15, -0.1) is 0 Å². The lowest BCUT2D eigenvalue weighted by molar-refractivity contribution is 0.0697. The second kappa shape index (κ2) is 6.29. The number of hydrogen-bond donors (Lipinski definition) is 2. The van der Waals surface area contributed by atoms with Gasteiger partial charge in [-0.3, -0.25) is 0 Å². The topological polar surface area (TPSA) is 75.1 Å². The van der Waals surface area contributed by atoms with Gasteiger partial charge >= 0.3 is 5.97 Å². The highest BCUT2D eigenvalue weighted by atomic mass is 79.9. The van der Waals surface area contributed by atoms with Crippen LogP contribution in [0.5, 0.6) is 0 Å². The molecule has 1 aromatic carbocycles. The van der Waals surface area contributed by atoms with Crippen molar-refractivity contribution in [2.75, 3.05) is 11.9 Å². The van der Waals surface area contributed by atoms with Gasteiger partial charge in [0.15, 0.2) is 0 Å². The fraction of sp³-hybridized carbons (Fsp3) is 0.154. The molecule has 98 valence electrons. The van der Waals surface area contributed by atoms with Gasteiger partial charge in [-0.1, -0.05) is 28.1 Å². The zero-order valence-electron chi connectivity index (χ0n) is 10.0. The number of nitrogens with one attached hydrogen (secondary N) is 1. The van der Waals surface area contributed by atoms with Crippen LogP contribution in [0.15, 0.2) is 41.3 Å². The first-order valence-electron chi connectivity index (χ1n) is 5.68. The van der Waals surface area contributed by atoms with Crippen molar-refractivity contribution in [1.82, 2.24) is 9.97 Å². The minimum atomic E-state index is -1.04. The van der Waals surface area contributed by atoms with Crippen LogP contribution in [-0.2, 0) is 6.42 Å². The Labute approximate surface area is 118 Å². The average molecular weight is 322 g/mol. The molecule has 6 heteroatoms. The lowest BCUT2D eigenvalue weighted by Crippen LogP contribution is -2.11. The molecule has 1 heterocycles. The number of anilines is 1. The summed E-state index contributed by atoms with van der Waals surface area (Å²) in [5, 5.41) is 12.0. The molecule has 0 radical (unpaired) electrons. The number of halogens is 1. The van der Waals surface area contributed by atoms with Crippen LogP contribution in [0, 0.1) is 0 Å². The summed E-state index contributed by atoms with van der Waals surface area (Å²) in [5.41, 5.74) is 1.25. The second-order valence-electron chi connectivity index (χ2n) is 3.89. The maximum absolute atomic E-state index is 11.0. The molecule has 19 heavy (non-hydrogen) atoms. The molecule has 1 aromatic heterocycles. The quantitative estimate of drug-likeness (QED) is 0.885. The van der Waals surface area contributed by atoms with Crippen LogP contribution >= 0.6 is 15.9 Å². The smallest absolute Gasteiger partial charge is 0.341 e. The van der Waals surface area contributed by atoms with E-state index in [4.69, 9.17) is 5.11 Å². The van der Waals surface area contributed by atoms with Gasteiger partial charge in [-0.2, -0.15) is 0 Å². The van der Waals surface area contributed by atoms with Crippen LogP contribution in [0.3, 0.4) is 0 Å². The molecule has 0 atom stereocenters. The molecule has 0 saturated heterocycles. The minimum Gasteiger partial charge on any atom is -0.477 e. The van der Waals surface area contributed by atoms with Gasteiger partial charge in [-0.25, -0.2) is 14.8 Å². The lowest BCUT2D eigenvalue weighted by Gasteiger charge is -2.07. The third kappa shape index (κ3) is 3.75. The van der Waals surface area contributed by atoms with Gasteiger partial charge in [0.2, 0.25) is 0 Å². The number of rotatable bonds is 5. The molecule has 2 aromatic rings. The van der Waals surface area contributed by atoms with Crippen LogP contribution in [0.4, 0.5) is 5.82 Å². The Kier molecular flexibility index (Phi) is 4.46. The van der Waals surface area contributed by atoms with Crippen LogP contribution in [-0.4, -0.2) is 27.6 Å². The third-order valence-electron chi connectivity index (χ3n) is 2.56. The van der Waals surface area contributed by atoms with Crippen LogP contribution in [0.1, 0.15) is 15.9 Å². The Morgan fingerprint density at radius 3 is 2.74 bits per heavy atom. The molecule has 0 aliphatic heterocycles. The van der Waals surface area contributed by atoms with E-state index in [-0.39, 0.29) is 5.56 Å². The number of aromatic nitrogens is 2. The number of carboxylic acids is 1. The highest BCUT2D eigenvalue weighted by Gasteiger charge is 2.10. The van der Waals surface area contributed by atoms with E-state index in [1.807, 2.05) is 24.3 Å². The van der Waals surface area contributed by atoms with E-state index in [2.05, 4.69) is 31.2 Å². The van der Waals surface area contributed by atoms with E-state index in [0.29, 0.717) is 12.4 Å². The molecule has 0 spiro atoms. The van der Waals surface area contributed by atoms with Crippen molar-refractivity contribution in [3.8, 4) is 0 Å². The van der Waals surface area contributed by atoms with Gasteiger partial charge in [0.1, 0.15) is 17.7 Å². The molecule has 0 saturated carbocycles. The maximum Gasteiger partial charge on any atom is 0.341 e. The summed E-state index contributed by atoms with van der Waals surface area (Å²) in [4.78, 5) is 18.6. The second-order valence-corrected chi connectivity index (χ2v) is 4.81. The van der Waals surface area contributed by atoms with E-state index >= 15 is 0 Å². The van der Waals surface area contributed by atoms with Crippen LogP contribution in [0.2, 0.25) is 0 Å². The van der Waals surface area contributed by atoms with Crippen molar-refractivity contribution in [3.63, 3.8) is 0 Å². The molecule has 5 nitrogen and oxygen atoms in total. The lowest BCUT2D eigenvalue weighted by atomic mass is 10.1. The first kappa shape index (κ1) is 13.5. The summed E-state index contributed by atoms with van der Waals surface area (Å²) in [6.45, 7) is 0.610. The van der Waals surface area contributed by atoms with Crippen molar-refractivity contribution in [1.29, 1.82) is 0 Å². The SMILES string of the molecule is O=C(O)c1cncnc1NCCc1ccc(Br)cc1. The largest absolute Gasteiger partial charge is 0.477 e. The van der Waals surface area contributed by atoms with E-state index in [1.165, 1.54) is 18.1 Å². The maximum atomic E-state index is 11.0. The van der Waals surface area contributed by atoms with Crippen LogP contribution in [0.25, 0.3) is 0 Å². The first-order chi connectivity index (χ1) is 9.16. The zero-order chi connectivity index (χ0) is 13.7. The minimum absolute atomic E-state index is 0.0818. The van der Waals surface area contributed by atoms with E-state index in [0.717, 1.165) is 10.9 Å². The predicted octanol–water partition coefficient (Wildman–Crippen LogP) is 2.59. The van der Waals surface area contributed by atoms with Crippen molar-refractivity contribution in [2.45, 2.75) is 6.42 Å². The number of hydrogen-bond acceptors (Lipinski definition) is 4. The monoisotopic (exact) mass is 321 g/mol. The Balaban J connectivity index is 1.96. The normalized spacial score (nSPS) is 10.2. The van der Waals surface area contributed by atoms with Crippen molar-refractivity contribution in [3.05, 3.63) is 52.4 Å². The number of carboxylic acid groups (broad SMARTS) is 1. The molecule has 2 rings (SSSR count). The summed E-state index contributed by atoms with van der Waals surface area (Å²) in [6, 6.07) is 7.99. The molecule has 2 N–H and O–H groups in total. The first-order valence-corrected chi connectivity index (χ1v) is 6.48. The number of nitrogens with zero attached hydrogens (tertiary/aromatic N) is 2. The Morgan fingerprint density at radius 2 is 2.05 bits per heavy atom. The molecular weight excluding hydrogens is 310 g/mol. The fourth-order valence-corrected chi connectivity index (χ4v) is 1.87. The van der Waals surface area contributed by atoms with Crippen molar-refractivity contribution in [2.24, 2.45) is 0 Å². The van der Waals surface area contributed by atoms with Crippen LogP contribution < -0.4 is 5.32 Å². The molecule has 0 aliphatic carbocycles. The predicted molar refractivity (Wildman–Crippen MR) is 75.3 cm³/mol. The molecule has 0 bridgehead atoms. The van der Waals surface area contributed by atoms with Crippen molar-refractivity contribution >= 4 is 27.7 Å². The molecule has 0 fully saturated rings.